The molecule has 0 unspecified atom stereocenters. The Balaban J connectivity index is 0.958. The molecule has 0 saturated carbocycles. The van der Waals surface area contributed by atoms with Crippen molar-refractivity contribution in [2.45, 2.75) is 0 Å². The zero-order valence-corrected chi connectivity index (χ0v) is 41.3. The Morgan fingerprint density at radius 2 is 0.539 bits per heavy atom. The van der Waals surface area contributed by atoms with Gasteiger partial charge in [0.15, 0.2) is 0 Å². The summed E-state index contributed by atoms with van der Waals surface area (Å²) in [7, 11) is 0. The minimum Gasteiger partial charge on any atom is -0.457 e. The van der Waals surface area contributed by atoms with Gasteiger partial charge in [-0.05, 0) is 158 Å². The molecule has 12 aromatic carbocycles. The van der Waals surface area contributed by atoms with Crippen molar-refractivity contribution in [1.29, 1.82) is 0 Å². The lowest BCUT2D eigenvalue weighted by Crippen LogP contribution is -2.12. The molecule has 0 fully saturated rings. The molecule has 14 rings (SSSR count). The van der Waals surface area contributed by atoms with E-state index < -0.39 is 0 Å². The fourth-order valence-corrected chi connectivity index (χ4v) is 11.0. The van der Waals surface area contributed by atoms with E-state index in [2.05, 4.69) is 249 Å². The minimum absolute atomic E-state index is 0.760. The number of ether oxygens (including phenoxy) is 2. The summed E-state index contributed by atoms with van der Waals surface area (Å²) < 4.78 is 17.4. The molecule has 2 heterocycles. The first-order chi connectivity index (χ1) is 37.7. The molecular weight excluding hydrogens is 929 g/mol. The summed E-state index contributed by atoms with van der Waals surface area (Å²) in [6.45, 7) is 0. The van der Waals surface area contributed by atoms with Crippen molar-refractivity contribution in [2.75, 3.05) is 9.80 Å². The Morgan fingerprint density at radius 3 is 0.947 bits per heavy atom. The summed E-state index contributed by atoms with van der Waals surface area (Å²) in [5.74, 6) is 3.10. The lowest BCUT2D eigenvalue weighted by atomic mass is 10.0. The van der Waals surface area contributed by atoms with Gasteiger partial charge in [-0.3, -0.25) is 0 Å². The molecule has 0 bridgehead atoms. The summed E-state index contributed by atoms with van der Waals surface area (Å²) in [5, 5.41) is 6.90. The maximum atomic E-state index is 6.35. The number of rotatable bonds is 12. The van der Waals surface area contributed by atoms with E-state index in [9.17, 15) is 0 Å². The highest BCUT2D eigenvalue weighted by Crippen LogP contribution is 2.47. The molecule has 0 radical (unpaired) electrons. The lowest BCUT2D eigenvalue weighted by Gasteiger charge is -2.30. The second kappa shape index (κ2) is 19.0. The van der Waals surface area contributed by atoms with Crippen molar-refractivity contribution in [2.24, 2.45) is 0 Å². The van der Waals surface area contributed by atoms with Crippen LogP contribution in [0.15, 0.2) is 291 Å². The van der Waals surface area contributed by atoms with Crippen LogP contribution in [0.25, 0.3) is 65.8 Å². The molecule has 0 aliphatic carbocycles. The zero-order valence-electron chi connectivity index (χ0n) is 41.3. The highest BCUT2D eigenvalue weighted by atomic mass is 16.5. The van der Waals surface area contributed by atoms with Crippen molar-refractivity contribution in [1.82, 2.24) is 9.13 Å². The fourth-order valence-electron chi connectivity index (χ4n) is 11.0. The molecule has 360 valence electrons. The van der Waals surface area contributed by atoms with Crippen LogP contribution >= 0.6 is 0 Å². The Hall–Kier alpha value is -10.3. The number of benzene rings is 12. The van der Waals surface area contributed by atoms with Crippen LogP contribution in [0.4, 0.5) is 34.1 Å². The van der Waals surface area contributed by atoms with E-state index >= 15 is 0 Å². The van der Waals surface area contributed by atoms with E-state index in [4.69, 9.17) is 9.47 Å². The quantitative estimate of drug-likeness (QED) is 0.122. The highest BCUT2D eigenvalue weighted by Gasteiger charge is 2.23. The van der Waals surface area contributed by atoms with Crippen LogP contribution in [0.3, 0.4) is 0 Å². The van der Waals surface area contributed by atoms with Crippen LogP contribution in [0, 0.1) is 0 Å². The van der Waals surface area contributed by atoms with Crippen LogP contribution in [-0.2, 0) is 0 Å². The van der Waals surface area contributed by atoms with Gasteiger partial charge in [0.1, 0.15) is 23.0 Å². The third kappa shape index (κ3) is 7.93. The topological polar surface area (TPSA) is 34.8 Å². The predicted molar refractivity (Wildman–Crippen MR) is 315 cm³/mol. The molecule has 0 aliphatic heterocycles. The number of para-hydroxylation sites is 6. The van der Waals surface area contributed by atoms with E-state index in [0.717, 1.165) is 101 Å². The molecule has 0 saturated heterocycles. The Bertz CT molecular complexity index is 4100. The number of anilines is 6. The minimum atomic E-state index is 0.760. The molecule has 2 aromatic heterocycles. The van der Waals surface area contributed by atoms with E-state index in [1.807, 2.05) is 60.7 Å². The van der Waals surface area contributed by atoms with Crippen LogP contribution in [0.2, 0.25) is 0 Å². The Morgan fingerprint density at radius 1 is 0.224 bits per heavy atom. The van der Waals surface area contributed by atoms with Gasteiger partial charge in [0, 0.05) is 66.4 Å². The second-order valence-corrected chi connectivity index (χ2v) is 18.9. The van der Waals surface area contributed by atoms with Crippen molar-refractivity contribution in [3.63, 3.8) is 0 Å². The number of fused-ring (bicyclic) bond motifs is 7. The number of hydrogen-bond donors (Lipinski definition) is 0. The maximum absolute atomic E-state index is 6.35. The summed E-state index contributed by atoms with van der Waals surface area (Å²) in [6.07, 6.45) is 0. The molecule has 0 amide bonds. The Kier molecular flexibility index (Phi) is 11.1. The molecule has 76 heavy (non-hydrogen) atoms. The first-order valence-corrected chi connectivity index (χ1v) is 25.7. The monoisotopic (exact) mass is 976 g/mol. The summed E-state index contributed by atoms with van der Waals surface area (Å²) in [6, 6.07) is 102. The molecule has 14 aromatic rings. The van der Waals surface area contributed by atoms with E-state index in [0.29, 0.717) is 0 Å². The second-order valence-electron chi connectivity index (χ2n) is 18.9. The normalized spacial score (nSPS) is 11.4. The van der Waals surface area contributed by atoms with Crippen molar-refractivity contribution >= 4 is 88.5 Å². The fraction of sp³-hybridized carbons (Fsp3) is 0. The first-order valence-electron chi connectivity index (χ1n) is 25.7. The number of aromatic nitrogens is 2. The average Bonchev–Trinajstić information content (AvgIpc) is 4.06. The van der Waals surface area contributed by atoms with Crippen molar-refractivity contribution in [3.05, 3.63) is 291 Å². The average molecular weight is 977 g/mol. The van der Waals surface area contributed by atoms with Crippen LogP contribution in [0.1, 0.15) is 0 Å². The largest absolute Gasteiger partial charge is 0.457 e. The predicted octanol–water partition coefficient (Wildman–Crippen LogP) is 19.6. The molecular formula is C70H48N4O2. The third-order valence-electron chi connectivity index (χ3n) is 14.4. The molecule has 0 atom stereocenters. The maximum Gasteiger partial charge on any atom is 0.127 e. The van der Waals surface area contributed by atoms with Gasteiger partial charge in [-0.2, -0.15) is 0 Å². The van der Waals surface area contributed by atoms with Crippen LogP contribution in [0.5, 0.6) is 23.0 Å². The van der Waals surface area contributed by atoms with Gasteiger partial charge in [0.05, 0.1) is 33.4 Å². The number of hydrogen-bond acceptors (Lipinski definition) is 4. The standard InChI is InChI=1S/C70H48N4O2/c1-5-19-49(20-6-1)73-67-31-15-13-27-61(67)63-47-53(39-45-69(63)73)71(51-35-41-57(42-36-51)75-55-23-9-3-10-24-55)65-33-17-30-60-59(65)29-18-34-66(60)72(52-37-43-58(44-38-52)76-56-25-11-4-12-26-56)54-40-46-70-64(48-54)62-28-14-16-32-68(62)74(70)50-21-7-2-8-22-50/h1-48H. The van der Waals surface area contributed by atoms with Gasteiger partial charge in [-0.25, -0.2) is 0 Å². The van der Waals surface area contributed by atoms with Crippen LogP contribution < -0.4 is 19.3 Å². The number of nitrogens with zero attached hydrogens (tertiary/aromatic N) is 4. The highest BCUT2D eigenvalue weighted by molar-refractivity contribution is 6.13. The molecule has 6 heteroatoms. The first kappa shape index (κ1) is 44.4. The third-order valence-corrected chi connectivity index (χ3v) is 14.4. The zero-order chi connectivity index (χ0) is 50.4. The van der Waals surface area contributed by atoms with Gasteiger partial charge in [0.25, 0.3) is 0 Å². The smallest absolute Gasteiger partial charge is 0.127 e. The van der Waals surface area contributed by atoms with Gasteiger partial charge in [0.2, 0.25) is 0 Å². The van der Waals surface area contributed by atoms with Gasteiger partial charge < -0.3 is 28.4 Å². The van der Waals surface area contributed by atoms with E-state index in [-0.39, 0.29) is 0 Å². The summed E-state index contributed by atoms with van der Waals surface area (Å²) >= 11 is 0. The van der Waals surface area contributed by atoms with Crippen molar-refractivity contribution in [3.8, 4) is 34.4 Å². The Labute approximate surface area is 440 Å². The van der Waals surface area contributed by atoms with Gasteiger partial charge in [-0.1, -0.05) is 133 Å². The van der Waals surface area contributed by atoms with Crippen LogP contribution in [-0.4, -0.2) is 9.13 Å². The summed E-state index contributed by atoms with van der Waals surface area (Å²) in [4.78, 5) is 4.77. The van der Waals surface area contributed by atoms with Gasteiger partial charge >= 0.3 is 0 Å². The molecule has 6 nitrogen and oxygen atoms in total. The van der Waals surface area contributed by atoms with Crippen molar-refractivity contribution < 1.29 is 9.47 Å². The summed E-state index contributed by atoms with van der Waals surface area (Å²) in [5.41, 5.74) is 13.0. The van der Waals surface area contributed by atoms with E-state index in [1.54, 1.807) is 0 Å². The lowest BCUT2D eigenvalue weighted by molar-refractivity contribution is 0.482. The molecule has 0 aliphatic rings. The molecule has 0 spiro atoms. The van der Waals surface area contributed by atoms with E-state index in [1.165, 1.54) is 21.5 Å². The molecule has 0 N–H and O–H groups in total. The SMILES string of the molecule is c1ccc(Oc2ccc(N(c3ccc4c(c3)c3ccccc3n4-c3ccccc3)c3cccc4c(N(c5ccc(Oc6ccccc6)cc5)c5ccc6c(c5)c5ccccc5n6-c5ccccc5)cccc34)cc2)cc1. The van der Waals surface area contributed by atoms with Gasteiger partial charge in [-0.15, -0.1) is 0 Å².